The van der Waals surface area contributed by atoms with E-state index in [4.69, 9.17) is 16.7 Å². The van der Waals surface area contributed by atoms with Crippen molar-refractivity contribution in [2.45, 2.75) is 13.3 Å². The van der Waals surface area contributed by atoms with Crippen molar-refractivity contribution in [2.24, 2.45) is 0 Å². The number of benzene rings is 1. The molecule has 0 saturated carbocycles. The van der Waals surface area contributed by atoms with E-state index in [0.717, 1.165) is 5.69 Å². The first kappa shape index (κ1) is 16.0. The molecule has 1 amide bonds. The smallest absolute Gasteiger partial charge is 0.305 e. The molecule has 2 rings (SSSR count). The summed E-state index contributed by atoms with van der Waals surface area (Å²) in [6.45, 7) is 1.95. The summed E-state index contributed by atoms with van der Waals surface area (Å²) in [5.74, 6) is -1.27. The topological polar surface area (TPSA) is 75.4 Å². The number of aryl methyl sites for hydroxylation is 1. The van der Waals surface area contributed by atoms with Gasteiger partial charge in [-0.1, -0.05) is 23.7 Å². The number of amides is 1. The highest BCUT2D eigenvalue weighted by atomic mass is 35.5. The zero-order valence-corrected chi connectivity index (χ0v) is 13.0. The number of carbonyl (C=O) groups is 2. The van der Waals surface area contributed by atoms with Gasteiger partial charge in [0.05, 0.1) is 17.1 Å². The minimum absolute atomic E-state index is 0.105. The lowest BCUT2D eigenvalue weighted by Gasteiger charge is -2.14. The predicted octanol–water partition coefficient (Wildman–Crippen LogP) is 2.38. The Labute approximate surface area is 132 Å². The van der Waals surface area contributed by atoms with Crippen molar-refractivity contribution in [3.05, 3.63) is 46.7 Å². The second-order valence-electron chi connectivity index (χ2n) is 4.90. The van der Waals surface area contributed by atoms with Gasteiger partial charge in [-0.05, 0) is 25.1 Å². The Balaban J connectivity index is 2.24. The van der Waals surface area contributed by atoms with Crippen molar-refractivity contribution < 1.29 is 14.7 Å². The molecule has 1 aromatic heterocycles. The fourth-order valence-corrected chi connectivity index (χ4v) is 2.22. The first-order chi connectivity index (χ1) is 10.4. The normalized spacial score (nSPS) is 10.5. The largest absolute Gasteiger partial charge is 0.481 e. The molecule has 0 fully saturated rings. The lowest BCUT2D eigenvalue weighted by Crippen LogP contribution is -2.29. The molecule has 0 radical (unpaired) electrons. The van der Waals surface area contributed by atoms with Crippen LogP contribution in [-0.2, 0) is 4.79 Å². The molecular weight excluding hydrogens is 306 g/mol. The first-order valence-corrected chi connectivity index (χ1v) is 7.06. The van der Waals surface area contributed by atoms with Gasteiger partial charge < -0.3 is 10.0 Å². The number of carbonyl (C=O) groups excluding carboxylic acids is 1. The zero-order valence-electron chi connectivity index (χ0n) is 12.3. The molecule has 1 heterocycles. The van der Waals surface area contributed by atoms with Crippen molar-refractivity contribution in [3.63, 3.8) is 0 Å². The molecule has 0 atom stereocenters. The van der Waals surface area contributed by atoms with Gasteiger partial charge in [-0.15, -0.1) is 0 Å². The third-order valence-corrected chi connectivity index (χ3v) is 3.51. The van der Waals surface area contributed by atoms with Crippen molar-refractivity contribution in [2.75, 3.05) is 13.6 Å². The van der Waals surface area contributed by atoms with Gasteiger partial charge in [0.2, 0.25) is 0 Å². The van der Waals surface area contributed by atoms with Crippen LogP contribution in [0.1, 0.15) is 22.6 Å². The molecule has 0 spiro atoms. The molecule has 0 aliphatic heterocycles. The maximum Gasteiger partial charge on any atom is 0.305 e. The number of para-hydroxylation sites is 1. The van der Waals surface area contributed by atoms with Gasteiger partial charge in [-0.2, -0.15) is 5.10 Å². The quantitative estimate of drug-likeness (QED) is 0.917. The maximum absolute atomic E-state index is 12.3. The van der Waals surface area contributed by atoms with E-state index in [1.54, 1.807) is 23.9 Å². The van der Waals surface area contributed by atoms with Crippen LogP contribution in [0.25, 0.3) is 5.69 Å². The molecule has 0 aliphatic rings. The highest BCUT2D eigenvalue weighted by Crippen LogP contribution is 2.21. The van der Waals surface area contributed by atoms with Gasteiger partial charge in [0.25, 0.3) is 5.91 Å². The first-order valence-electron chi connectivity index (χ1n) is 6.69. The molecule has 0 bridgehead atoms. The number of aromatic nitrogens is 2. The average molecular weight is 322 g/mol. The third-order valence-electron chi connectivity index (χ3n) is 3.19. The summed E-state index contributed by atoms with van der Waals surface area (Å²) in [4.78, 5) is 24.2. The molecule has 1 aromatic carbocycles. The summed E-state index contributed by atoms with van der Waals surface area (Å²) in [6.07, 6.45) is -0.105. The van der Waals surface area contributed by atoms with Crippen LogP contribution in [0.3, 0.4) is 0 Å². The number of carboxylic acids is 1. The number of rotatable bonds is 5. The highest BCUT2D eigenvalue weighted by Gasteiger charge is 2.18. The Hall–Kier alpha value is -2.34. The summed E-state index contributed by atoms with van der Waals surface area (Å²) >= 11 is 6.15. The van der Waals surface area contributed by atoms with Crippen molar-refractivity contribution in [1.29, 1.82) is 0 Å². The molecule has 0 aliphatic carbocycles. The van der Waals surface area contributed by atoms with Gasteiger partial charge in [-0.3, -0.25) is 9.59 Å². The molecule has 22 heavy (non-hydrogen) atoms. The number of aliphatic carboxylic acids is 1. The van der Waals surface area contributed by atoms with Crippen LogP contribution < -0.4 is 0 Å². The number of hydrogen-bond acceptors (Lipinski definition) is 3. The molecule has 116 valence electrons. The zero-order chi connectivity index (χ0) is 16.3. The van der Waals surface area contributed by atoms with E-state index in [0.29, 0.717) is 10.7 Å². The Kier molecular flexibility index (Phi) is 4.82. The Morgan fingerprint density at radius 2 is 2.05 bits per heavy atom. The minimum atomic E-state index is -0.947. The van der Waals surface area contributed by atoms with Crippen LogP contribution in [0.4, 0.5) is 0 Å². The lowest BCUT2D eigenvalue weighted by atomic mass is 10.3. The SMILES string of the molecule is Cc1cc(C(=O)N(C)CCC(=O)O)nn1-c1ccccc1Cl. The monoisotopic (exact) mass is 321 g/mol. The van der Waals surface area contributed by atoms with Gasteiger partial charge in [0, 0.05) is 19.3 Å². The second-order valence-corrected chi connectivity index (χ2v) is 5.31. The second kappa shape index (κ2) is 6.62. The maximum atomic E-state index is 12.3. The van der Waals surface area contributed by atoms with E-state index in [9.17, 15) is 9.59 Å². The van der Waals surface area contributed by atoms with Crippen LogP contribution in [0.2, 0.25) is 5.02 Å². The lowest BCUT2D eigenvalue weighted by molar-refractivity contribution is -0.137. The fourth-order valence-electron chi connectivity index (χ4n) is 2.01. The number of hydrogen-bond donors (Lipinski definition) is 1. The Bertz CT molecular complexity index is 712. The summed E-state index contributed by atoms with van der Waals surface area (Å²) in [7, 11) is 1.55. The van der Waals surface area contributed by atoms with E-state index in [1.807, 2.05) is 25.1 Å². The van der Waals surface area contributed by atoms with E-state index in [1.165, 1.54) is 4.90 Å². The highest BCUT2D eigenvalue weighted by molar-refractivity contribution is 6.32. The molecular formula is C15H16ClN3O3. The molecule has 2 aromatic rings. The van der Waals surface area contributed by atoms with Crippen molar-refractivity contribution in [3.8, 4) is 5.69 Å². The average Bonchev–Trinajstić information content (AvgIpc) is 2.86. The van der Waals surface area contributed by atoms with Gasteiger partial charge in [0.15, 0.2) is 5.69 Å². The van der Waals surface area contributed by atoms with E-state index in [2.05, 4.69) is 5.10 Å². The van der Waals surface area contributed by atoms with Crippen LogP contribution in [0.15, 0.2) is 30.3 Å². The summed E-state index contributed by atoms with van der Waals surface area (Å²) in [5.41, 5.74) is 1.71. The summed E-state index contributed by atoms with van der Waals surface area (Å²) in [5, 5.41) is 13.5. The molecule has 0 unspecified atom stereocenters. The molecule has 1 N–H and O–H groups in total. The van der Waals surface area contributed by atoms with Crippen LogP contribution in [-0.4, -0.2) is 45.3 Å². The molecule has 7 heteroatoms. The van der Waals surface area contributed by atoms with E-state index in [-0.39, 0.29) is 24.6 Å². The van der Waals surface area contributed by atoms with E-state index < -0.39 is 5.97 Å². The van der Waals surface area contributed by atoms with Gasteiger partial charge in [-0.25, -0.2) is 4.68 Å². The van der Waals surface area contributed by atoms with Gasteiger partial charge >= 0.3 is 5.97 Å². The molecule has 0 saturated heterocycles. The Morgan fingerprint density at radius 1 is 1.36 bits per heavy atom. The third kappa shape index (κ3) is 3.46. The number of nitrogens with zero attached hydrogens (tertiary/aromatic N) is 3. The Morgan fingerprint density at radius 3 is 2.68 bits per heavy atom. The fraction of sp³-hybridized carbons (Fsp3) is 0.267. The van der Waals surface area contributed by atoms with Crippen LogP contribution in [0.5, 0.6) is 0 Å². The summed E-state index contributed by atoms with van der Waals surface area (Å²) < 4.78 is 1.60. The van der Waals surface area contributed by atoms with Gasteiger partial charge in [0.1, 0.15) is 0 Å². The predicted molar refractivity (Wildman–Crippen MR) is 82.5 cm³/mol. The summed E-state index contributed by atoms with van der Waals surface area (Å²) in [6, 6.07) is 8.87. The minimum Gasteiger partial charge on any atom is -0.481 e. The number of carboxylic acid groups (broad SMARTS) is 1. The van der Waals surface area contributed by atoms with Crippen molar-refractivity contribution >= 4 is 23.5 Å². The number of halogens is 1. The van der Waals surface area contributed by atoms with E-state index >= 15 is 0 Å². The van der Waals surface area contributed by atoms with Crippen LogP contribution in [0, 0.1) is 6.92 Å². The van der Waals surface area contributed by atoms with Crippen LogP contribution >= 0.6 is 11.6 Å². The van der Waals surface area contributed by atoms with Crippen molar-refractivity contribution in [1.82, 2.24) is 14.7 Å². The standard InChI is InChI=1S/C15H16ClN3O3/c1-10-9-12(15(22)18(2)8-7-14(20)21)17-19(10)13-6-4-3-5-11(13)16/h3-6,9H,7-8H2,1-2H3,(H,20,21). The molecule has 6 nitrogen and oxygen atoms in total.